The van der Waals surface area contributed by atoms with Crippen LogP contribution in [0.15, 0.2) is 0 Å². The smallest absolute Gasteiger partial charge is 0.108 e. The average molecular weight is 144 g/mol. The van der Waals surface area contributed by atoms with Gasteiger partial charge in [0.15, 0.2) is 0 Å². The zero-order valence-electron chi connectivity index (χ0n) is 6.22. The Labute approximate surface area is 60.6 Å². The number of fused-ring (bicyclic) bond motifs is 2. The highest BCUT2D eigenvalue weighted by molar-refractivity contribution is 4.97. The summed E-state index contributed by atoms with van der Waals surface area (Å²) in [4.78, 5) is 0. The molecule has 2 rings (SSSR count). The van der Waals surface area contributed by atoms with Gasteiger partial charge in [-0.25, -0.2) is 4.39 Å². The van der Waals surface area contributed by atoms with Crippen LogP contribution in [0.5, 0.6) is 0 Å². The molecule has 2 bridgehead atoms. The lowest BCUT2D eigenvalue weighted by molar-refractivity contribution is 0.0493. The third kappa shape index (κ3) is 0.715. The van der Waals surface area contributed by atoms with Crippen molar-refractivity contribution in [2.24, 2.45) is 11.8 Å². The van der Waals surface area contributed by atoms with Gasteiger partial charge in [0.05, 0.1) is 6.10 Å². The number of hydrogen-bond donors (Lipinski definition) is 0. The fourth-order valence-corrected chi connectivity index (χ4v) is 2.46. The Kier molecular flexibility index (Phi) is 1.44. The third-order valence-corrected chi connectivity index (χ3v) is 3.05. The Bertz CT molecular complexity index is 137. The fraction of sp³-hybridized carbons (Fsp3) is 1.00. The van der Waals surface area contributed by atoms with Gasteiger partial charge in [0, 0.05) is 13.0 Å². The van der Waals surface area contributed by atoms with Crippen LogP contribution in [0.25, 0.3) is 0 Å². The van der Waals surface area contributed by atoms with Gasteiger partial charge >= 0.3 is 0 Å². The molecule has 2 heteroatoms. The Morgan fingerprint density at radius 1 is 1.40 bits per heavy atom. The molecule has 0 radical (unpaired) electrons. The summed E-state index contributed by atoms with van der Waals surface area (Å²) in [6.45, 7) is 0. The quantitative estimate of drug-likeness (QED) is 0.545. The summed E-state index contributed by atoms with van der Waals surface area (Å²) in [5, 5.41) is 0. The maximum Gasteiger partial charge on any atom is 0.108 e. The largest absolute Gasteiger partial charge is 0.381 e. The molecule has 0 aromatic heterocycles. The van der Waals surface area contributed by atoms with Crippen molar-refractivity contribution in [1.82, 2.24) is 0 Å². The molecule has 2 aliphatic rings. The van der Waals surface area contributed by atoms with Crippen molar-refractivity contribution in [3.63, 3.8) is 0 Å². The van der Waals surface area contributed by atoms with E-state index in [-0.39, 0.29) is 12.0 Å². The lowest BCUT2D eigenvalue weighted by atomic mass is 9.98. The van der Waals surface area contributed by atoms with Gasteiger partial charge in [0.1, 0.15) is 6.17 Å². The van der Waals surface area contributed by atoms with E-state index >= 15 is 0 Å². The van der Waals surface area contributed by atoms with E-state index < -0.39 is 6.17 Å². The van der Waals surface area contributed by atoms with Crippen LogP contribution in [-0.4, -0.2) is 19.4 Å². The first-order valence-corrected chi connectivity index (χ1v) is 4.00. The molecule has 0 unspecified atom stereocenters. The number of ether oxygens (including phenoxy) is 1. The summed E-state index contributed by atoms with van der Waals surface area (Å²) in [7, 11) is 1.69. The van der Waals surface area contributed by atoms with E-state index in [4.69, 9.17) is 4.74 Å². The summed E-state index contributed by atoms with van der Waals surface area (Å²) in [5.74, 6) is 0.560. The fourth-order valence-electron chi connectivity index (χ4n) is 2.46. The molecule has 4 atom stereocenters. The highest BCUT2D eigenvalue weighted by atomic mass is 19.1. The van der Waals surface area contributed by atoms with Gasteiger partial charge in [0.2, 0.25) is 0 Å². The minimum Gasteiger partial charge on any atom is -0.381 e. The number of alkyl halides is 1. The van der Waals surface area contributed by atoms with Crippen molar-refractivity contribution in [3.05, 3.63) is 0 Å². The van der Waals surface area contributed by atoms with Crippen LogP contribution in [0.4, 0.5) is 4.39 Å². The second-order valence-electron chi connectivity index (χ2n) is 3.46. The molecule has 0 saturated heterocycles. The number of halogens is 1. The molecule has 0 spiro atoms. The van der Waals surface area contributed by atoms with E-state index in [9.17, 15) is 4.39 Å². The topological polar surface area (TPSA) is 9.23 Å². The molecule has 2 saturated carbocycles. The molecule has 0 N–H and O–H groups in total. The molecule has 58 valence electrons. The van der Waals surface area contributed by atoms with Crippen molar-refractivity contribution >= 4 is 0 Å². The van der Waals surface area contributed by atoms with Crippen LogP contribution >= 0.6 is 0 Å². The van der Waals surface area contributed by atoms with E-state index in [1.807, 2.05) is 0 Å². The zero-order valence-corrected chi connectivity index (χ0v) is 6.22. The minimum absolute atomic E-state index is 0.230. The Morgan fingerprint density at radius 3 is 2.50 bits per heavy atom. The molecule has 0 aromatic carbocycles. The molecular formula is C8H13FO. The number of methoxy groups -OCH3 is 1. The molecule has 0 aromatic rings. The highest BCUT2D eigenvalue weighted by Gasteiger charge is 2.48. The van der Waals surface area contributed by atoms with Gasteiger partial charge in [-0.3, -0.25) is 0 Å². The van der Waals surface area contributed by atoms with Crippen LogP contribution in [0, 0.1) is 11.8 Å². The highest BCUT2D eigenvalue weighted by Crippen LogP contribution is 2.47. The predicted molar refractivity (Wildman–Crippen MR) is 36.5 cm³/mol. The predicted octanol–water partition coefficient (Wildman–Crippen LogP) is 1.77. The van der Waals surface area contributed by atoms with E-state index in [1.54, 1.807) is 7.11 Å². The number of hydrogen-bond acceptors (Lipinski definition) is 1. The van der Waals surface area contributed by atoms with Gasteiger partial charge in [-0.1, -0.05) is 0 Å². The van der Waals surface area contributed by atoms with Crippen LogP contribution in [0.3, 0.4) is 0 Å². The van der Waals surface area contributed by atoms with Crippen molar-refractivity contribution < 1.29 is 9.13 Å². The van der Waals surface area contributed by atoms with Crippen LogP contribution in [0.1, 0.15) is 19.3 Å². The maximum atomic E-state index is 13.1. The molecule has 2 fully saturated rings. The van der Waals surface area contributed by atoms with E-state index in [0.29, 0.717) is 5.92 Å². The molecule has 1 nitrogen and oxygen atoms in total. The van der Waals surface area contributed by atoms with Crippen LogP contribution < -0.4 is 0 Å². The molecule has 2 aliphatic carbocycles. The third-order valence-electron chi connectivity index (χ3n) is 3.05. The second kappa shape index (κ2) is 2.19. The van der Waals surface area contributed by atoms with Crippen LogP contribution in [0.2, 0.25) is 0 Å². The lowest BCUT2D eigenvalue weighted by Gasteiger charge is -2.18. The van der Waals surface area contributed by atoms with Gasteiger partial charge in [-0.2, -0.15) is 0 Å². The summed E-state index contributed by atoms with van der Waals surface area (Å²) in [5.41, 5.74) is 0. The second-order valence-corrected chi connectivity index (χ2v) is 3.46. The van der Waals surface area contributed by atoms with Gasteiger partial charge < -0.3 is 4.74 Å². The standard InChI is InChI=1S/C8H13FO/c1-10-7-4-5-2-3-6(7)8(5)9/h5-8H,2-4H2,1H3/t5-,6+,7-,8-/m0/s1. The summed E-state index contributed by atoms with van der Waals surface area (Å²) in [6, 6.07) is 0. The maximum absolute atomic E-state index is 13.1. The van der Waals surface area contributed by atoms with E-state index in [1.165, 1.54) is 0 Å². The van der Waals surface area contributed by atoms with Crippen molar-refractivity contribution in [2.45, 2.75) is 31.5 Å². The Balaban J connectivity index is 2.08. The van der Waals surface area contributed by atoms with E-state index in [0.717, 1.165) is 19.3 Å². The monoisotopic (exact) mass is 144 g/mol. The Hall–Kier alpha value is -0.110. The first-order chi connectivity index (χ1) is 4.83. The van der Waals surface area contributed by atoms with Gasteiger partial charge in [0.25, 0.3) is 0 Å². The normalized spacial score (nSPS) is 52.2. The SMILES string of the molecule is CO[C@H]1C[C@@H]2CC[C@H]1[C@H]2F. The van der Waals surface area contributed by atoms with Crippen molar-refractivity contribution in [3.8, 4) is 0 Å². The van der Waals surface area contributed by atoms with Crippen molar-refractivity contribution in [1.29, 1.82) is 0 Å². The number of rotatable bonds is 1. The molecule has 0 heterocycles. The van der Waals surface area contributed by atoms with Gasteiger partial charge in [-0.15, -0.1) is 0 Å². The summed E-state index contributed by atoms with van der Waals surface area (Å²) in [6.07, 6.45) is 2.77. The molecular weight excluding hydrogens is 131 g/mol. The van der Waals surface area contributed by atoms with Gasteiger partial charge in [-0.05, 0) is 25.2 Å². The molecule has 10 heavy (non-hydrogen) atoms. The molecule has 0 amide bonds. The summed E-state index contributed by atoms with van der Waals surface area (Å²) < 4.78 is 18.3. The first kappa shape index (κ1) is 6.59. The summed E-state index contributed by atoms with van der Waals surface area (Å²) >= 11 is 0. The van der Waals surface area contributed by atoms with Crippen LogP contribution in [-0.2, 0) is 4.74 Å². The Morgan fingerprint density at radius 2 is 2.20 bits per heavy atom. The zero-order chi connectivity index (χ0) is 7.14. The van der Waals surface area contributed by atoms with E-state index in [2.05, 4.69) is 0 Å². The minimum atomic E-state index is -0.551. The molecule has 0 aliphatic heterocycles. The van der Waals surface area contributed by atoms with Crippen molar-refractivity contribution in [2.75, 3.05) is 7.11 Å². The first-order valence-electron chi connectivity index (χ1n) is 4.00. The average Bonchev–Trinajstić information content (AvgIpc) is 2.46. The lowest BCUT2D eigenvalue weighted by Crippen LogP contribution is -2.20.